The molecular weight excluding hydrogens is 352 g/mol. The first kappa shape index (κ1) is 24.2. The molecule has 28 heavy (non-hydrogen) atoms. The van der Waals surface area contributed by atoms with Crippen molar-refractivity contribution in [2.24, 2.45) is 23.0 Å². The second-order valence-electron chi connectivity index (χ2n) is 9.71. The van der Waals surface area contributed by atoms with Gasteiger partial charge < -0.3 is 16.2 Å². The van der Waals surface area contributed by atoms with Crippen LogP contribution < -0.4 is 11.1 Å². The molecule has 0 spiro atoms. The summed E-state index contributed by atoms with van der Waals surface area (Å²) in [7, 11) is 0. The van der Waals surface area contributed by atoms with Crippen molar-refractivity contribution < 1.29 is 14.7 Å². The van der Waals surface area contributed by atoms with Crippen LogP contribution in [0.4, 0.5) is 0 Å². The number of nitrogens with one attached hydrogen (secondary N) is 1. The van der Waals surface area contributed by atoms with Crippen LogP contribution in [0.5, 0.6) is 0 Å². The maximum atomic E-state index is 12.3. The molecule has 0 saturated heterocycles. The summed E-state index contributed by atoms with van der Waals surface area (Å²) < 4.78 is 0. The quantitative estimate of drug-likeness (QED) is 0.596. The van der Waals surface area contributed by atoms with E-state index in [2.05, 4.69) is 33.0 Å². The number of amides is 1. The normalized spacial score (nSPS) is 14.8. The molecule has 5 nitrogen and oxygen atoms in total. The Morgan fingerprint density at radius 2 is 1.61 bits per heavy atom. The lowest BCUT2D eigenvalue weighted by Crippen LogP contribution is -2.48. The summed E-state index contributed by atoms with van der Waals surface area (Å²) in [5.41, 5.74) is 6.90. The van der Waals surface area contributed by atoms with Crippen molar-refractivity contribution in [2.45, 2.75) is 72.8 Å². The number of hydrogen-bond acceptors (Lipinski definition) is 3. The molecule has 1 rings (SSSR count). The molecule has 0 aliphatic rings. The molecule has 1 aromatic rings. The Morgan fingerprint density at radius 1 is 1.07 bits per heavy atom. The van der Waals surface area contributed by atoms with Gasteiger partial charge in [-0.15, -0.1) is 0 Å². The summed E-state index contributed by atoms with van der Waals surface area (Å²) in [5.74, 6) is -1.53. The molecule has 1 amide bonds. The number of hydrogen-bond donors (Lipinski definition) is 3. The summed E-state index contributed by atoms with van der Waals surface area (Å²) in [4.78, 5) is 24.6. The Balaban J connectivity index is 3.28. The first-order chi connectivity index (χ1) is 12.7. The topological polar surface area (TPSA) is 92.4 Å². The lowest BCUT2D eigenvalue weighted by molar-refractivity contribution is -0.142. The lowest BCUT2D eigenvalue weighted by atomic mass is 9.67. The molecule has 1 unspecified atom stereocenters. The number of carbonyl (C=O) groups excluding carboxylic acids is 1. The number of benzene rings is 1. The minimum Gasteiger partial charge on any atom is -0.481 e. The van der Waals surface area contributed by atoms with Gasteiger partial charge in [-0.1, -0.05) is 79.7 Å². The van der Waals surface area contributed by atoms with Crippen molar-refractivity contribution in [1.29, 1.82) is 0 Å². The van der Waals surface area contributed by atoms with E-state index in [1.807, 2.05) is 52.0 Å². The highest BCUT2D eigenvalue weighted by atomic mass is 16.4. The molecule has 0 bridgehead atoms. The van der Waals surface area contributed by atoms with Gasteiger partial charge in [-0.25, -0.2) is 0 Å². The van der Waals surface area contributed by atoms with Gasteiger partial charge in [-0.2, -0.15) is 0 Å². The molecule has 0 saturated carbocycles. The van der Waals surface area contributed by atoms with Crippen LogP contribution in [0, 0.1) is 17.3 Å². The zero-order valence-corrected chi connectivity index (χ0v) is 18.7. The summed E-state index contributed by atoms with van der Waals surface area (Å²) in [6.45, 7) is 16.4. The predicted octanol–water partition coefficient (Wildman–Crippen LogP) is 3.91. The molecule has 158 valence electrons. The average molecular weight is 391 g/mol. The zero-order chi connectivity index (χ0) is 21.9. The third kappa shape index (κ3) is 5.34. The molecule has 0 heterocycles. The van der Waals surface area contributed by atoms with E-state index in [1.165, 1.54) is 0 Å². The highest BCUT2D eigenvalue weighted by Gasteiger charge is 2.40. The molecule has 4 N–H and O–H groups in total. The van der Waals surface area contributed by atoms with Crippen LogP contribution in [-0.4, -0.2) is 29.6 Å². The van der Waals surface area contributed by atoms with Crippen molar-refractivity contribution in [2.75, 3.05) is 6.54 Å². The van der Waals surface area contributed by atoms with Gasteiger partial charge in [0.15, 0.2) is 0 Å². The van der Waals surface area contributed by atoms with Gasteiger partial charge in [-0.05, 0) is 33.8 Å². The number of aliphatic carboxylic acids is 1. The Labute approximate surface area is 170 Å². The zero-order valence-electron chi connectivity index (χ0n) is 18.7. The molecule has 0 fully saturated rings. The fraction of sp³-hybridized carbons (Fsp3) is 0.652. The maximum absolute atomic E-state index is 12.3. The van der Waals surface area contributed by atoms with Crippen molar-refractivity contribution in [3.8, 4) is 0 Å². The van der Waals surface area contributed by atoms with Gasteiger partial charge >= 0.3 is 5.97 Å². The third-order valence-electron chi connectivity index (χ3n) is 6.18. The minimum atomic E-state index is -0.889. The van der Waals surface area contributed by atoms with E-state index in [-0.39, 0.29) is 23.8 Å². The number of nitrogens with two attached hydrogens (primary N) is 1. The minimum absolute atomic E-state index is 0.0194. The van der Waals surface area contributed by atoms with Crippen LogP contribution in [0.15, 0.2) is 24.3 Å². The van der Waals surface area contributed by atoms with Crippen molar-refractivity contribution in [3.05, 3.63) is 35.4 Å². The van der Waals surface area contributed by atoms with Crippen LogP contribution >= 0.6 is 0 Å². The molecule has 0 aliphatic carbocycles. The van der Waals surface area contributed by atoms with E-state index < -0.39 is 23.3 Å². The predicted molar refractivity (Wildman–Crippen MR) is 114 cm³/mol. The van der Waals surface area contributed by atoms with E-state index in [0.29, 0.717) is 5.92 Å². The Bertz CT molecular complexity index is 693. The first-order valence-electron chi connectivity index (χ1n) is 10.1. The largest absolute Gasteiger partial charge is 0.481 e. The maximum Gasteiger partial charge on any atom is 0.311 e. The van der Waals surface area contributed by atoms with Gasteiger partial charge in [0.05, 0.1) is 12.0 Å². The second-order valence-corrected chi connectivity index (χ2v) is 9.71. The molecule has 0 radical (unpaired) electrons. The van der Waals surface area contributed by atoms with Crippen LogP contribution in [0.3, 0.4) is 0 Å². The summed E-state index contributed by atoms with van der Waals surface area (Å²) in [6.07, 6.45) is 0. The van der Waals surface area contributed by atoms with Crippen LogP contribution in [0.2, 0.25) is 0 Å². The van der Waals surface area contributed by atoms with E-state index in [1.54, 1.807) is 0 Å². The Kier molecular flexibility index (Phi) is 7.83. The number of rotatable bonds is 9. The SMILES string of the molecule is CC(C)[C@H](N)C(=O)NCC(C)(C)C(C(=O)O)c1ccccc1C(C)(C)C(C)C. The standard InChI is InChI=1S/C23H38N2O3/c1-14(2)19(24)20(26)25-13-22(5,6)18(21(27)28)16-11-9-10-12-17(16)23(7,8)15(3)4/h9-12,14-15,18-19H,13,24H2,1-8H3,(H,25,26)(H,27,28)/t18?,19-/m0/s1. The van der Waals surface area contributed by atoms with Crippen molar-refractivity contribution >= 4 is 11.9 Å². The summed E-state index contributed by atoms with van der Waals surface area (Å²) in [5, 5.41) is 13.0. The number of carbonyl (C=O) groups is 2. The molecule has 0 aromatic heterocycles. The monoisotopic (exact) mass is 390 g/mol. The third-order valence-corrected chi connectivity index (χ3v) is 6.18. The van der Waals surface area contributed by atoms with E-state index >= 15 is 0 Å². The van der Waals surface area contributed by atoms with E-state index in [9.17, 15) is 14.7 Å². The number of carboxylic acid groups (broad SMARTS) is 1. The van der Waals surface area contributed by atoms with Gasteiger partial charge in [0.2, 0.25) is 5.91 Å². The van der Waals surface area contributed by atoms with Crippen molar-refractivity contribution in [1.82, 2.24) is 5.32 Å². The van der Waals surface area contributed by atoms with Crippen LogP contribution in [-0.2, 0) is 15.0 Å². The van der Waals surface area contributed by atoms with Gasteiger partial charge in [0.1, 0.15) is 0 Å². The smallest absolute Gasteiger partial charge is 0.311 e. The van der Waals surface area contributed by atoms with E-state index in [4.69, 9.17) is 5.73 Å². The first-order valence-corrected chi connectivity index (χ1v) is 10.1. The molecule has 0 aliphatic heterocycles. The van der Waals surface area contributed by atoms with Gasteiger partial charge in [-0.3, -0.25) is 9.59 Å². The Morgan fingerprint density at radius 3 is 2.07 bits per heavy atom. The highest BCUT2D eigenvalue weighted by molar-refractivity contribution is 5.82. The molecule has 1 aromatic carbocycles. The number of carboxylic acids is 1. The van der Waals surface area contributed by atoms with Crippen LogP contribution in [0.1, 0.15) is 72.4 Å². The summed E-state index contributed by atoms with van der Waals surface area (Å²) >= 11 is 0. The van der Waals surface area contributed by atoms with Gasteiger partial charge in [0.25, 0.3) is 0 Å². The lowest BCUT2D eigenvalue weighted by Gasteiger charge is -2.38. The molecule has 5 heteroatoms. The van der Waals surface area contributed by atoms with Gasteiger partial charge in [0, 0.05) is 6.54 Å². The molecule has 2 atom stereocenters. The summed E-state index contributed by atoms with van der Waals surface area (Å²) in [6, 6.07) is 7.16. The van der Waals surface area contributed by atoms with E-state index in [0.717, 1.165) is 11.1 Å². The van der Waals surface area contributed by atoms with Crippen LogP contribution in [0.25, 0.3) is 0 Å². The van der Waals surface area contributed by atoms with Crippen molar-refractivity contribution in [3.63, 3.8) is 0 Å². The average Bonchev–Trinajstić information content (AvgIpc) is 2.58. The Hall–Kier alpha value is -1.88. The second kappa shape index (κ2) is 9.08. The highest BCUT2D eigenvalue weighted by Crippen LogP contribution is 2.42. The fourth-order valence-corrected chi connectivity index (χ4v) is 3.37. The molecular formula is C23H38N2O3. The fourth-order valence-electron chi connectivity index (χ4n) is 3.37.